The lowest BCUT2D eigenvalue weighted by Crippen LogP contribution is -2.30. The molecule has 1 saturated heterocycles. The number of thioether (sulfide) groups is 1. The maximum Gasteiger partial charge on any atom is 0.0766 e. The minimum absolute atomic E-state index is 0.345. The lowest BCUT2D eigenvalue weighted by molar-refractivity contribution is 0.486. The molecule has 5 heteroatoms. The summed E-state index contributed by atoms with van der Waals surface area (Å²) >= 11 is 5.67. The molecule has 0 radical (unpaired) electrons. The van der Waals surface area contributed by atoms with Gasteiger partial charge in [0.1, 0.15) is 0 Å². The predicted molar refractivity (Wildman–Crippen MR) is 77.5 cm³/mol. The van der Waals surface area contributed by atoms with Crippen molar-refractivity contribution in [1.29, 1.82) is 0 Å². The Bertz CT molecular complexity index is 391. The van der Waals surface area contributed by atoms with Crippen molar-refractivity contribution in [2.75, 3.05) is 11.5 Å². The number of rotatable bonds is 4. The molecule has 3 nitrogen and oxygen atoms in total. The van der Waals surface area contributed by atoms with Crippen LogP contribution in [0.15, 0.2) is 4.47 Å². The highest BCUT2D eigenvalue weighted by atomic mass is 79.9. The van der Waals surface area contributed by atoms with Crippen LogP contribution in [0.3, 0.4) is 0 Å². The van der Waals surface area contributed by atoms with Crippen LogP contribution in [0, 0.1) is 5.92 Å². The van der Waals surface area contributed by atoms with Gasteiger partial charge in [-0.05, 0) is 47.4 Å². The molecule has 2 unspecified atom stereocenters. The highest BCUT2D eigenvalue weighted by molar-refractivity contribution is 9.10. The van der Waals surface area contributed by atoms with Crippen LogP contribution in [0.5, 0.6) is 0 Å². The second-order valence-electron chi connectivity index (χ2n) is 4.54. The average molecular weight is 318 g/mol. The highest BCUT2D eigenvalue weighted by Gasteiger charge is 2.27. The zero-order valence-electron chi connectivity index (χ0n) is 10.4. The van der Waals surface area contributed by atoms with Crippen LogP contribution in [0.4, 0.5) is 0 Å². The van der Waals surface area contributed by atoms with Crippen molar-refractivity contribution in [3.63, 3.8) is 0 Å². The van der Waals surface area contributed by atoms with Crippen molar-refractivity contribution in [1.82, 2.24) is 9.78 Å². The Kier molecular flexibility index (Phi) is 4.55. The fraction of sp³-hybridized carbons (Fsp3) is 0.750. The Hall–Kier alpha value is -0.0000000000000000555. The maximum absolute atomic E-state index is 6.14. The highest BCUT2D eigenvalue weighted by Crippen LogP contribution is 2.30. The van der Waals surface area contributed by atoms with E-state index >= 15 is 0 Å². The van der Waals surface area contributed by atoms with E-state index in [2.05, 4.69) is 39.6 Å². The van der Waals surface area contributed by atoms with Crippen LogP contribution in [0.25, 0.3) is 0 Å². The Morgan fingerprint density at radius 1 is 1.47 bits per heavy atom. The molecule has 1 aromatic heterocycles. The van der Waals surface area contributed by atoms with Crippen molar-refractivity contribution in [3.05, 3.63) is 15.9 Å². The van der Waals surface area contributed by atoms with E-state index in [0.717, 1.165) is 25.1 Å². The summed E-state index contributed by atoms with van der Waals surface area (Å²) in [7, 11) is 0. The van der Waals surface area contributed by atoms with E-state index in [-0.39, 0.29) is 0 Å². The monoisotopic (exact) mass is 317 g/mol. The molecule has 0 bridgehead atoms. The largest absolute Gasteiger partial charge is 0.327 e. The van der Waals surface area contributed by atoms with Gasteiger partial charge in [0.25, 0.3) is 0 Å². The number of nitrogens with two attached hydrogens (primary N) is 1. The minimum atomic E-state index is 0.345. The fourth-order valence-electron chi connectivity index (χ4n) is 2.29. The second-order valence-corrected chi connectivity index (χ2v) is 6.41. The Labute approximate surface area is 116 Å². The standard InChI is InChI=1S/C12H20BrN3S/c1-3-10-12(13)11(16(4-2)15-10)5-8-6-17-7-9(8)14/h8-9H,3-7,14H2,1-2H3. The van der Waals surface area contributed by atoms with E-state index in [1.54, 1.807) is 0 Å². The van der Waals surface area contributed by atoms with Gasteiger partial charge in [0.2, 0.25) is 0 Å². The van der Waals surface area contributed by atoms with Crippen molar-refractivity contribution in [3.8, 4) is 0 Å². The number of aromatic nitrogens is 2. The van der Waals surface area contributed by atoms with Crippen molar-refractivity contribution >= 4 is 27.7 Å². The normalized spacial score (nSPS) is 24.5. The molecular formula is C12H20BrN3S. The minimum Gasteiger partial charge on any atom is -0.327 e. The summed E-state index contributed by atoms with van der Waals surface area (Å²) in [5, 5.41) is 4.64. The van der Waals surface area contributed by atoms with E-state index in [4.69, 9.17) is 5.73 Å². The molecule has 96 valence electrons. The third-order valence-corrected chi connectivity index (χ3v) is 5.60. The van der Waals surface area contributed by atoms with Crippen LogP contribution < -0.4 is 5.73 Å². The molecule has 0 aromatic carbocycles. The molecule has 17 heavy (non-hydrogen) atoms. The molecule has 2 rings (SSSR count). The van der Waals surface area contributed by atoms with Crippen LogP contribution in [0.1, 0.15) is 25.2 Å². The summed E-state index contributed by atoms with van der Waals surface area (Å²) in [6.07, 6.45) is 2.03. The van der Waals surface area contributed by atoms with E-state index in [1.165, 1.54) is 21.6 Å². The van der Waals surface area contributed by atoms with Crippen molar-refractivity contribution < 1.29 is 0 Å². The Morgan fingerprint density at radius 2 is 2.24 bits per heavy atom. The lowest BCUT2D eigenvalue weighted by atomic mass is 9.98. The summed E-state index contributed by atoms with van der Waals surface area (Å²) in [6.45, 7) is 5.22. The maximum atomic E-state index is 6.14. The number of aryl methyl sites for hydroxylation is 2. The smallest absolute Gasteiger partial charge is 0.0766 e. The molecule has 1 aliphatic rings. The Morgan fingerprint density at radius 3 is 2.76 bits per heavy atom. The number of halogens is 1. The molecule has 1 aromatic rings. The van der Waals surface area contributed by atoms with E-state index in [0.29, 0.717) is 12.0 Å². The van der Waals surface area contributed by atoms with Crippen LogP contribution in [-0.2, 0) is 19.4 Å². The first-order valence-electron chi connectivity index (χ1n) is 6.24. The molecule has 0 spiro atoms. The summed E-state index contributed by atoms with van der Waals surface area (Å²) in [6, 6.07) is 0.345. The first kappa shape index (κ1) is 13.4. The summed E-state index contributed by atoms with van der Waals surface area (Å²) < 4.78 is 3.32. The molecule has 1 fully saturated rings. The Balaban J connectivity index is 2.21. The van der Waals surface area contributed by atoms with Gasteiger partial charge in [-0.25, -0.2) is 0 Å². The molecule has 0 saturated carbocycles. The zero-order chi connectivity index (χ0) is 12.4. The van der Waals surface area contributed by atoms with Crippen LogP contribution in [0.2, 0.25) is 0 Å². The summed E-state index contributed by atoms with van der Waals surface area (Å²) in [5.41, 5.74) is 8.64. The van der Waals surface area contributed by atoms with Gasteiger partial charge in [0, 0.05) is 18.3 Å². The van der Waals surface area contributed by atoms with Gasteiger partial charge in [0.05, 0.1) is 15.9 Å². The average Bonchev–Trinajstić information content (AvgIpc) is 2.86. The third-order valence-electron chi connectivity index (χ3n) is 3.40. The number of nitrogens with zero attached hydrogens (tertiary/aromatic N) is 2. The second kappa shape index (κ2) is 5.76. The zero-order valence-corrected chi connectivity index (χ0v) is 12.9. The van der Waals surface area contributed by atoms with Gasteiger partial charge in [-0.2, -0.15) is 16.9 Å². The van der Waals surface area contributed by atoms with Crippen LogP contribution in [-0.4, -0.2) is 27.3 Å². The van der Waals surface area contributed by atoms with Gasteiger partial charge in [-0.3, -0.25) is 4.68 Å². The SMILES string of the molecule is CCc1nn(CC)c(CC2CSCC2N)c1Br. The molecule has 2 N–H and O–H groups in total. The number of hydrogen-bond donors (Lipinski definition) is 1. The molecular weight excluding hydrogens is 298 g/mol. The van der Waals surface area contributed by atoms with Crippen LogP contribution >= 0.6 is 27.7 Å². The van der Waals surface area contributed by atoms with Gasteiger partial charge >= 0.3 is 0 Å². The van der Waals surface area contributed by atoms with Gasteiger partial charge in [-0.15, -0.1) is 0 Å². The summed E-state index contributed by atoms with van der Waals surface area (Å²) in [5.74, 6) is 2.88. The third kappa shape index (κ3) is 2.71. The van der Waals surface area contributed by atoms with Crippen molar-refractivity contribution in [2.24, 2.45) is 11.7 Å². The molecule has 0 aliphatic carbocycles. The first-order valence-corrected chi connectivity index (χ1v) is 8.19. The quantitative estimate of drug-likeness (QED) is 0.927. The lowest BCUT2D eigenvalue weighted by Gasteiger charge is -2.15. The van der Waals surface area contributed by atoms with E-state index in [9.17, 15) is 0 Å². The molecule has 0 amide bonds. The predicted octanol–water partition coefficient (Wildman–Crippen LogP) is 2.46. The molecule has 1 aliphatic heterocycles. The molecule has 2 atom stereocenters. The van der Waals surface area contributed by atoms with Gasteiger partial charge < -0.3 is 5.73 Å². The van der Waals surface area contributed by atoms with E-state index < -0.39 is 0 Å². The topological polar surface area (TPSA) is 43.8 Å². The number of hydrogen-bond acceptors (Lipinski definition) is 3. The molecule has 2 heterocycles. The first-order chi connectivity index (χ1) is 8.17. The van der Waals surface area contributed by atoms with E-state index in [1.807, 2.05) is 11.8 Å². The fourth-order valence-corrected chi connectivity index (χ4v) is 4.36. The summed E-state index contributed by atoms with van der Waals surface area (Å²) in [4.78, 5) is 0. The van der Waals surface area contributed by atoms with Gasteiger partial charge in [-0.1, -0.05) is 6.92 Å². The van der Waals surface area contributed by atoms with Gasteiger partial charge in [0.15, 0.2) is 0 Å². The van der Waals surface area contributed by atoms with Crippen molar-refractivity contribution in [2.45, 2.75) is 39.3 Å².